The summed E-state index contributed by atoms with van der Waals surface area (Å²) in [4.78, 5) is 0. The molecule has 0 saturated carbocycles. The van der Waals surface area contributed by atoms with Gasteiger partial charge in [0.1, 0.15) is 6.66 Å². The number of hydrogen-bond donors (Lipinski definition) is 2. The molecule has 0 rings (SSSR count). The molecule has 0 fully saturated rings. The van der Waals surface area contributed by atoms with E-state index in [9.17, 15) is 4.57 Å². The monoisotopic (exact) mass is 151 g/mol. The van der Waals surface area contributed by atoms with Crippen LogP contribution in [0.5, 0.6) is 0 Å². The molecule has 0 aromatic carbocycles. The molecule has 4 heteroatoms. The van der Waals surface area contributed by atoms with Crippen molar-refractivity contribution in [1.82, 2.24) is 0 Å². The van der Waals surface area contributed by atoms with Crippen molar-refractivity contribution in [3.63, 3.8) is 0 Å². The maximum absolute atomic E-state index is 10.5. The molecule has 0 saturated heterocycles. The van der Waals surface area contributed by atoms with Crippen molar-refractivity contribution in [3.8, 4) is 0 Å². The second-order valence-corrected chi connectivity index (χ2v) is 3.73. The van der Waals surface area contributed by atoms with Crippen LogP contribution in [0.3, 0.4) is 0 Å². The fraction of sp³-hybridized carbons (Fsp3) is 1.00. The Balaban J connectivity index is 3.85. The highest BCUT2D eigenvalue weighted by Crippen LogP contribution is 2.33. The van der Waals surface area contributed by atoms with Crippen LogP contribution in [0.15, 0.2) is 0 Å². The van der Waals surface area contributed by atoms with E-state index in [1.165, 1.54) is 6.66 Å². The Hall–Kier alpha value is 0.0200. The van der Waals surface area contributed by atoms with Crippen LogP contribution in [0.1, 0.15) is 19.8 Å². The van der Waals surface area contributed by atoms with E-state index < -0.39 is 13.3 Å². The summed E-state index contributed by atoms with van der Waals surface area (Å²) in [6.07, 6.45) is 0.806. The molecule has 0 aliphatic carbocycles. The molecular weight excluding hydrogens is 139 g/mol. The first-order chi connectivity index (χ1) is 4.00. The van der Waals surface area contributed by atoms with Crippen molar-refractivity contribution >= 4 is 7.80 Å². The number of rotatable bonds is 3. The Labute approximate surface area is 55.5 Å². The maximum Gasteiger partial charge on any atom is 0.401 e. The van der Waals surface area contributed by atoms with Crippen molar-refractivity contribution in [3.05, 3.63) is 0 Å². The van der Waals surface area contributed by atoms with Crippen LogP contribution in [0.25, 0.3) is 0 Å². The van der Waals surface area contributed by atoms with E-state index in [2.05, 4.69) is 0 Å². The SMILES string of the molecule is CCCC(O)(O)[P+](C)=O. The molecule has 0 spiro atoms. The molecule has 0 aromatic rings. The largest absolute Gasteiger partial charge is 0.401 e. The standard InChI is InChI=1S/C5H12O3P/c1-3-4-5(6,7)9(2)8/h6-7H,3-4H2,1-2H3/q+1. The lowest BCUT2D eigenvalue weighted by atomic mass is 10.3. The van der Waals surface area contributed by atoms with E-state index in [1.807, 2.05) is 0 Å². The summed E-state index contributed by atoms with van der Waals surface area (Å²) in [5.41, 5.74) is -1.94. The van der Waals surface area contributed by atoms with E-state index in [4.69, 9.17) is 10.2 Å². The third kappa shape index (κ3) is 2.89. The minimum absolute atomic E-state index is 0.179. The molecule has 0 amide bonds. The van der Waals surface area contributed by atoms with Gasteiger partial charge in [-0.2, -0.15) is 0 Å². The van der Waals surface area contributed by atoms with Crippen LogP contribution in [0, 0.1) is 0 Å². The van der Waals surface area contributed by atoms with Crippen LogP contribution in [0.4, 0.5) is 0 Å². The van der Waals surface area contributed by atoms with Crippen LogP contribution >= 0.6 is 7.80 Å². The smallest absolute Gasteiger partial charge is 0.326 e. The molecule has 2 N–H and O–H groups in total. The molecular formula is C5H12O3P+. The molecule has 54 valence electrons. The van der Waals surface area contributed by atoms with Gasteiger partial charge in [-0.15, -0.1) is 0 Å². The van der Waals surface area contributed by atoms with Gasteiger partial charge in [0.15, 0.2) is 0 Å². The second-order valence-electron chi connectivity index (χ2n) is 2.02. The number of aliphatic hydroxyl groups is 2. The molecule has 9 heavy (non-hydrogen) atoms. The van der Waals surface area contributed by atoms with Crippen LogP contribution in [0.2, 0.25) is 0 Å². The molecule has 0 radical (unpaired) electrons. The third-order valence-corrected chi connectivity index (χ3v) is 2.32. The first-order valence-electron chi connectivity index (χ1n) is 2.86. The molecule has 1 unspecified atom stereocenters. The van der Waals surface area contributed by atoms with Gasteiger partial charge in [-0.3, -0.25) is 0 Å². The molecule has 0 aliphatic heterocycles. The summed E-state index contributed by atoms with van der Waals surface area (Å²) in [6, 6.07) is 0. The van der Waals surface area contributed by atoms with Crippen LogP contribution < -0.4 is 0 Å². The number of hydrogen-bond acceptors (Lipinski definition) is 3. The van der Waals surface area contributed by atoms with Gasteiger partial charge >= 0.3 is 13.3 Å². The van der Waals surface area contributed by atoms with Crippen molar-refractivity contribution in [2.45, 2.75) is 25.3 Å². The lowest BCUT2D eigenvalue weighted by Gasteiger charge is -2.05. The van der Waals surface area contributed by atoms with E-state index in [0.29, 0.717) is 6.42 Å². The topological polar surface area (TPSA) is 57.5 Å². The molecule has 0 heterocycles. The molecule has 0 aliphatic rings. The zero-order valence-electron chi connectivity index (χ0n) is 5.66. The zero-order chi connectivity index (χ0) is 7.49. The predicted octanol–water partition coefficient (Wildman–Crippen LogP) is 0.882. The Morgan fingerprint density at radius 1 is 1.56 bits per heavy atom. The highest BCUT2D eigenvalue weighted by molar-refractivity contribution is 7.45. The van der Waals surface area contributed by atoms with Crippen molar-refractivity contribution < 1.29 is 14.8 Å². The molecule has 0 bridgehead atoms. The van der Waals surface area contributed by atoms with Crippen molar-refractivity contribution in [2.75, 3.05) is 6.66 Å². The van der Waals surface area contributed by atoms with Crippen molar-refractivity contribution in [2.24, 2.45) is 0 Å². The molecule has 3 nitrogen and oxygen atoms in total. The summed E-state index contributed by atoms with van der Waals surface area (Å²) in [5.74, 6) is 0. The minimum Gasteiger partial charge on any atom is -0.326 e. The fourth-order valence-electron chi connectivity index (χ4n) is 0.493. The van der Waals surface area contributed by atoms with Gasteiger partial charge in [0.05, 0.1) is 6.42 Å². The quantitative estimate of drug-likeness (QED) is 0.465. The summed E-state index contributed by atoms with van der Waals surface area (Å²) >= 11 is 0. The first kappa shape index (κ1) is 9.02. The Morgan fingerprint density at radius 3 is 2.11 bits per heavy atom. The Morgan fingerprint density at radius 2 is 2.00 bits per heavy atom. The van der Waals surface area contributed by atoms with Gasteiger partial charge < -0.3 is 10.2 Å². The van der Waals surface area contributed by atoms with E-state index >= 15 is 0 Å². The van der Waals surface area contributed by atoms with Crippen LogP contribution in [-0.2, 0) is 4.57 Å². The summed E-state index contributed by atoms with van der Waals surface area (Å²) in [7, 11) is -1.89. The Bertz CT molecular complexity index is 111. The van der Waals surface area contributed by atoms with Gasteiger partial charge in [0, 0.05) is 0 Å². The van der Waals surface area contributed by atoms with Gasteiger partial charge in [-0.1, -0.05) is 11.5 Å². The normalized spacial score (nSPS) is 13.6. The van der Waals surface area contributed by atoms with Gasteiger partial charge in [-0.25, -0.2) is 0 Å². The Kier molecular flexibility index (Phi) is 3.26. The van der Waals surface area contributed by atoms with Crippen LogP contribution in [-0.4, -0.2) is 22.4 Å². The van der Waals surface area contributed by atoms with E-state index in [1.54, 1.807) is 6.92 Å². The lowest BCUT2D eigenvalue weighted by molar-refractivity contribution is -0.0891. The minimum atomic E-state index is -1.94. The lowest BCUT2D eigenvalue weighted by Crippen LogP contribution is -2.21. The highest BCUT2D eigenvalue weighted by atomic mass is 31.1. The average Bonchev–Trinajstić information content (AvgIpc) is 1.65. The maximum atomic E-state index is 10.5. The second kappa shape index (κ2) is 3.25. The highest BCUT2D eigenvalue weighted by Gasteiger charge is 2.39. The van der Waals surface area contributed by atoms with Crippen molar-refractivity contribution in [1.29, 1.82) is 0 Å². The first-order valence-corrected chi connectivity index (χ1v) is 4.57. The fourth-order valence-corrected chi connectivity index (χ4v) is 1.03. The molecule has 0 aromatic heterocycles. The third-order valence-electron chi connectivity index (χ3n) is 1.09. The average molecular weight is 151 g/mol. The zero-order valence-corrected chi connectivity index (χ0v) is 6.56. The summed E-state index contributed by atoms with van der Waals surface area (Å²) in [5, 5.41) is 17.7. The summed E-state index contributed by atoms with van der Waals surface area (Å²) < 4.78 is 10.5. The van der Waals surface area contributed by atoms with Gasteiger partial charge in [0.25, 0.3) is 0 Å². The van der Waals surface area contributed by atoms with E-state index in [-0.39, 0.29) is 6.42 Å². The molecule has 1 atom stereocenters. The van der Waals surface area contributed by atoms with Gasteiger partial charge in [0.2, 0.25) is 0 Å². The predicted molar refractivity (Wildman–Crippen MR) is 35.6 cm³/mol. The van der Waals surface area contributed by atoms with E-state index in [0.717, 1.165) is 0 Å². The van der Waals surface area contributed by atoms with Gasteiger partial charge in [-0.05, 0) is 6.42 Å². The summed E-state index contributed by atoms with van der Waals surface area (Å²) in [6.45, 7) is 3.12.